The first-order valence-electron chi connectivity index (χ1n) is 4.86. The fourth-order valence-corrected chi connectivity index (χ4v) is 2.48. The molecule has 6 heteroatoms. The molecule has 2 aromatic rings. The molecule has 0 aliphatic heterocycles. The van der Waals surface area contributed by atoms with Crippen LogP contribution >= 0.6 is 22.9 Å². The molecular weight excluding hydrogens is 228 g/mol. The van der Waals surface area contributed by atoms with Gasteiger partial charge in [0, 0.05) is 28.5 Å². The molecule has 4 nitrogen and oxygen atoms in total. The van der Waals surface area contributed by atoms with Gasteiger partial charge in [0.05, 0.1) is 12.1 Å². The second kappa shape index (κ2) is 3.86. The first kappa shape index (κ1) is 9.23. The third-order valence-electron chi connectivity index (χ3n) is 2.28. The van der Waals surface area contributed by atoms with Crippen LogP contribution in [-0.2, 0) is 6.54 Å². The summed E-state index contributed by atoms with van der Waals surface area (Å²) in [5, 5.41) is 4.19. The first-order chi connectivity index (χ1) is 7.42. The predicted molar refractivity (Wildman–Crippen MR) is 61.3 cm³/mol. The smallest absolute Gasteiger partial charge is 0.202 e. The summed E-state index contributed by atoms with van der Waals surface area (Å²) >= 11 is 3.10. The number of rotatable bonds is 4. The summed E-state index contributed by atoms with van der Waals surface area (Å²) in [6.45, 7) is 0.796. The molecule has 0 spiro atoms. The lowest BCUT2D eigenvalue weighted by atomic mass is 10.4. The maximum Gasteiger partial charge on any atom is 0.202 e. The molecule has 78 valence electrons. The van der Waals surface area contributed by atoms with Gasteiger partial charge in [-0.1, -0.05) is 0 Å². The molecule has 0 amide bonds. The third-order valence-corrected chi connectivity index (χ3v) is 3.75. The van der Waals surface area contributed by atoms with Crippen LogP contribution in [0.25, 0.3) is 0 Å². The quantitative estimate of drug-likeness (QED) is 0.889. The minimum absolute atomic E-state index is 0.639. The summed E-state index contributed by atoms with van der Waals surface area (Å²) in [6.07, 6.45) is 4.39. The fraction of sp³-hybridized carbons (Fsp3) is 0.444. The van der Waals surface area contributed by atoms with E-state index in [1.165, 1.54) is 29.3 Å². The molecule has 2 heterocycles. The van der Waals surface area contributed by atoms with Crippen LogP contribution in [0, 0.1) is 0 Å². The van der Waals surface area contributed by atoms with Crippen molar-refractivity contribution in [3.05, 3.63) is 22.4 Å². The number of nitrogens with one attached hydrogen (secondary N) is 1. The van der Waals surface area contributed by atoms with Gasteiger partial charge in [-0.3, -0.25) is 4.98 Å². The van der Waals surface area contributed by atoms with E-state index < -0.39 is 0 Å². The molecule has 1 aliphatic rings. The van der Waals surface area contributed by atoms with Crippen LogP contribution in [0.3, 0.4) is 0 Å². The summed E-state index contributed by atoms with van der Waals surface area (Å²) in [6, 6.07) is 0. The van der Waals surface area contributed by atoms with Crippen molar-refractivity contribution >= 4 is 28.0 Å². The van der Waals surface area contributed by atoms with E-state index in [0.29, 0.717) is 5.92 Å². The molecule has 15 heavy (non-hydrogen) atoms. The predicted octanol–water partition coefficient (Wildman–Crippen LogP) is 2.48. The van der Waals surface area contributed by atoms with Gasteiger partial charge in [0.1, 0.15) is 5.82 Å². The maximum atomic E-state index is 4.45. The normalized spacial score (nSPS) is 15.5. The number of hydrogen-bond acceptors (Lipinski definition) is 6. The molecule has 1 saturated carbocycles. The van der Waals surface area contributed by atoms with Crippen LogP contribution in [-0.4, -0.2) is 14.3 Å². The van der Waals surface area contributed by atoms with Crippen LogP contribution in [0.4, 0.5) is 5.13 Å². The van der Waals surface area contributed by atoms with Crippen molar-refractivity contribution in [2.24, 2.45) is 0 Å². The highest BCUT2D eigenvalue weighted by molar-refractivity contribution is 7.10. The van der Waals surface area contributed by atoms with Crippen molar-refractivity contribution in [1.82, 2.24) is 14.3 Å². The molecule has 3 rings (SSSR count). The molecule has 2 aromatic heterocycles. The molecule has 1 fully saturated rings. The van der Waals surface area contributed by atoms with Crippen LogP contribution in [0.1, 0.15) is 29.5 Å². The van der Waals surface area contributed by atoms with Crippen molar-refractivity contribution in [3.63, 3.8) is 0 Å². The zero-order valence-electron chi connectivity index (χ0n) is 8.01. The number of nitrogens with zero attached hydrogens (tertiary/aromatic N) is 3. The van der Waals surface area contributed by atoms with Gasteiger partial charge < -0.3 is 5.32 Å². The van der Waals surface area contributed by atoms with E-state index in [0.717, 1.165) is 17.5 Å². The van der Waals surface area contributed by atoms with Gasteiger partial charge in [0.25, 0.3) is 0 Å². The molecule has 0 unspecified atom stereocenters. The second-order valence-corrected chi connectivity index (χ2v) is 5.28. The average Bonchev–Trinajstić information content (AvgIpc) is 2.82. The van der Waals surface area contributed by atoms with Crippen LogP contribution < -0.4 is 5.32 Å². The molecule has 0 saturated heterocycles. The highest BCUT2D eigenvalue weighted by Gasteiger charge is 2.27. The van der Waals surface area contributed by atoms with Gasteiger partial charge >= 0.3 is 0 Å². The minimum atomic E-state index is 0.639. The topological polar surface area (TPSA) is 50.7 Å². The Morgan fingerprint density at radius 3 is 3.13 bits per heavy atom. The minimum Gasteiger partial charge on any atom is -0.355 e. The Bertz CT molecular complexity index is 433. The Labute approximate surface area is 95.6 Å². The summed E-state index contributed by atoms with van der Waals surface area (Å²) in [5.41, 5.74) is 1.84. The van der Waals surface area contributed by atoms with Gasteiger partial charge in [0.2, 0.25) is 5.13 Å². The van der Waals surface area contributed by atoms with E-state index in [1.54, 1.807) is 11.3 Å². The monoisotopic (exact) mass is 238 g/mol. The number of anilines is 1. The van der Waals surface area contributed by atoms with Gasteiger partial charge in [-0.2, -0.15) is 4.37 Å². The fourth-order valence-electron chi connectivity index (χ4n) is 1.31. The van der Waals surface area contributed by atoms with Gasteiger partial charge in [-0.25, -0.2) is 4.98 Å². The zero-order chi connectivity index (χ0) is 10.1. The SMILES string of the molecule is c1ncc(CNc2nc(C3CC3)ns2)s1. The van der Waals surface area contributed by atoms with Crippen LogP contribution in [0.5, 0.6) is 0 Å². The highest BCUT2D eigenvalue weighted by atomic mass is 32.1. The van der Waals surface area contributed by atoms with E-state index >= 15 is 0 Å². The van der Waals surface area contributed by atoms with E-state index in [1.807, 2.05) is 11.7 Å². The lowest BCUT2D eigenvalue weighted by Crippen LogP contribution is -1.96. The van der Waals surface area contributed by atoms with E-state index in [-0.39, 0.29) is 0 Å². The Kier molecular flexibility index (Phi) is 2.38. The Hall–Kier alpha value is -1.01. The first-order valence-corrected chi connectivity index (χ1v) is 6.52. The lowest BCUT2D eigenvalue weighted by Gasteiger charge is -1.96. The number of thiazole rings is 1. The summed E-state index contributed by atoms with van der Waals surface area (Å²) < 4.78 is 4.33. The largest absolute Gasteiger partial charge is 0.355 e. The molecular formula is C9H10N4S2. The van der Waals surface area contributed by atoms with E-state index in [4.69, 9.17) is 0 Å². The third kappa shape index (κ3) is 2.15. The maximum absolute atomic E-state index is 4.45. The second-order valence-electron chi connectivity index (χ2n) is 3.55. The average molecular weight is 238 g/mol. The van der Waals surface area contributed by atoms with Crippen molar-refractivity contribution < 1.29 is 0 Å². The van der Waals surface area contributed by atoms with Crippen molar-refractivity contribution in [2.75, 3.05) is 5.32 Å². The van der Waals surface area contributed by atoms with Gasteiger partial charge in [-0.15, -0.1) is 11.3 Å². The standard InChI is InChI=1S/C9H10N4S2/c1-2-6(1)8-12-9(15-13-8)11-4-7-3-10-5-14-7/h3,5-6H,1-2,4H2,(H,11,12,13). The molecule has 0 bridgehead atoms. The van der Waals surface area contributed by atoms with Crippen molar-refractivity contribution in [2.45, 2.75) is 25.3 Å². The molecule has 1 aliphatic carbocycles. The van der Waals surface area contributed by atoms with Crippen LogP contribution in [0.2, 0.25) is 0 Å². The van der Waals surface area contributed by atoms with Gasteiger partial charge in [-0.05, 0) is 12.8 Å². The molecule has 0 radical (unpaired) electrons. The van der Waals surface area contributed by atoms with Crippen molar-refractivity contribution in [1.29, 1.82) is 0 Å². The van der Waals surface area contributed by atoms with Crippen molar-refractivity contribution in [3.8, 4) is 0 Å². The summed E-state index contributed by atoms with van der Waals surface area (Å²) in [5.74, 6) is 1.66. The summed E-state index contributed by atoms with van der Waals surface area (Å²) in [7, 11) is 0. The molecule has 0 aromatic carbocycles. The van der Waals surface area contributed by atoms with E-state index in [2.05, 4.69) is 19.7 Å². The molecule has 1 N–H and O–H groups in total. The number of aromatic nitrogens is 3. The highest BCUT2D eigenvalue weighted by Crippen LogP contribution is 2.39. The van der Waals surface area contributed by atoms with Crippen LogP contribution in [0.15, 0.2) is 11.7 Å². The Morgan fingerprint density at radius 1 is 1.47 bits per heavy atom. The van der Waals surface area contributed by atoms with E-state index in [9.17, 15) is 0 Å². The Balaban J connectivity index is 1.61. The zero-order valence-corrected chi connectivity index (χ0v) is 9.64. The lowest BCUT2D eigenvalue weighted by molar-refractivity contribution is 0.981. The Morgan fingerprint density at radius 2 is 2.40 bits per heavy atom. The molecule has 0 atom stereocenters. The summed E-state index contributed by atoms with van der Waals surface area (Å²) in [4.78, 5) is 9.70. The number of hydrogen-bond donors (Lipinski definition) is 1. The van der Waals surface area contributed by atoms with Gasteiger partial charge in [0.15, 0.2) is 0 Å².